The van der Waals surface area contributed by atoms with E-state index in [1.807, 2.05) is 54.3 Å². The van der Waals surface area contributed by atoms with Gasteiger partial charge in [-0.25, -0.2) is 9.78 Å². The number of ether oxygens (including phenoxy) is 3. The van der Waals surface area contributed by atoms with E-state index in [1.54, 1.807) is 64.2 Å². The van der Waals surface area contributed by atoms with E-state index in [0.717, 1.165) is 24.2 Å². The molecule has 57 heavy (non-hydrogen) atoms. The molecule has 0 saturated carbocycles. The molecule has 4 aromatic carbocycles. The predicted octanol–water partition coefficient (Wildman–Crippen LogP) is 6.40. The van der Waals surface area contributed by atoms with Crippen LogP contribution in [0.15, 0.2) is 78.9 Å². The lowest BCUT2D eigenvalue weighted by atomic mass is 10.1. The summed E-state index contributed by atoms with van der Waals surface area (Å²) in [4.78, 5) is 65.9. The van der Waals surface area contributed by atoms with E-state index in [9.17, 15) is 19.2 Å². The number of carbonyl (C=O) groups is 4. The summed E-state index contributed by atoms with van der Waals surface area (Å²) >= 11 is 0. The fourth-order valence-corrected chi connectivity index (χ4v) is 6.35. The van der Waals surface area contributed by atoms with Crippen LogP contribution in [0.25, 0.3) is 11.0 Å². The van der Waals surface area contributed by atoms with E-state index in [4.69, 9.17) is 14.2 Å². The average molecular weight is 776 g/mol. The van der Waals surface area contributed by atoms with Gasteiger partial charge in [0, 0.05) is 44.4 Å². The Labute approximate surface area is 332 Å². The number of carbonyl (C=O) groups excluding carboxylic acids is 4. The highest BCUT2D eigenvalue weighted by Gasteiger charge is 2.23. The maximum atomic E-state index is 13.9. The van der Waals surface area contributed by atoms with Crippen LogP contribution in [0.2, 0.25) is 0 Å². The van der Waals surface area contributed by atoms with Crippen molar-refractivity contribution >= 4 is 46.2 Å². The highest BCUT2D eigenvalue weighted by molar-refractivity contribution is 6.12. The fraction of sp³-hybridized carbons (Fsp3) is 0.326. The predicted molar refractivity (Wildman–Crippen MR) is 218 cm³/mol. The molecule has 1 aliphatic heterocycles. The maximum Gasteiger partial charge on any atom is 0.408 e. The Morgan fingerprint density at radius 2 is 1.61 bits per heavy atom. The number of imidazole rings is 1. The van der Waals surface area contributed by atoms with Crippen molar-refractivity contribution in [1.82, 2.24) is 25.1 Å². The number of alkyl carbamates (subject to hydrolysis) is 1. The number of methoxy groups -OCH3 is 1. The van der Waals surface area contributed by atoms with Crippen molar-refractivity contribution in [2.45, 2.75) is 46.4 Å². The van der Waals surface area contributed by atoms with Crippen molar-refractivity contribution in [3.63, 3.8) is 0 Å². The molecule has 0 radical (unpaired) electrons. The minimum Gasteiger partial charge on any atom is -0.495 e. The SMILES string of the molecule is COc1cc(C(=O)N(C)c2ccc(C)cc2OCc2ccc(C(=O)N3CCN(C)CC3)cc2)ccc1NC(=O)c1cccc2[nH]c(CNC(=O)OC(C)(C)C)nc12. The lowest BCUT2D eigenvalue weighted by molar-refractivity contribution is 0.0521. The molecule has 14 heteroatoms. The van der Waals surface area contributed by atoms with Crippen LogP contribution < -0.4 is 25.0 Å². The number of hydrogen-bond donors (Lipinski definition) is 3. The first-order valence-corrected chi connectivity index (χ1v) is 18.7. The van der Waals surface area contributed by atoms with Crippen LogP contribution in [0.5, 0.6) is 11.5 Å². The Morgan fingerprint density at radius 3 is 2.32 bits per heavy atom. The molecule has 1 saturated heterocycles. The Morgan fingerprint density at radius 1 is 0.895 bits per heavy atom. The summed E-state index contributed by atoms with van der Waals surface area (Å²) in [5.74, 6) is 0.527. The minimum absolute atomic E-state index is 0.0247. The molecule has 2 heterocycles. The van der Waals surface area contributed by atoms with Crippen LogP contribution in [0.3, 0.4) is 0 Å². The van der Waals surface area contributed by atoms with Crippen LogP contribution in [0.4, 0.5) is 16.2 Å². The molecule has 0 bridgehead atoms. The van der Waals surface area contributed by atoms with E-state index in [2.05, 4.69) is 32.5 Å². The van der Waals surface area contributed by atoms with Gasteiger partial charge in [0.2, 0.25) is 0 Å². The van der Waals surface area contributed by atoms with Crippen molar-refractivity contribution in [2.75, 3.05) is 57.6 Å². The van der Waals surface area contributed by atoms with Crippen molar-refractivity contribution in [3.8, 4) is 11.5 Å². The van der Waals surface area contributed by atoms with Crippen LogP contribution >= 0.6 is 0 Å². The van der Waals surface area contributed by atoms with Gasteiger partial charge in [0.15, 0.2) is 0 Å². The van der Waals surface area contributed by atoms with Crippen molar-refractivity contribution in [3.05, 3.63) is 113 Å². The number of nitrogens with zero attached hydrogens (tertiary/aromatic N) is 4. The third-order valence-corrected chi connectivity index (χ3v) is 9.47. The number of H-pyrrole nitrogens is 1. The van der Waals surface area contributed by atoms with E-state index >= 15 is 0 Å². The number of amides is 4. The summed E-state index contributed by atoms with van der Waals surface area (Å²) < 4.78 is 17.2. The van der Waals surface area contributed by atoms with Crippen molar-refractivity contribution in [2.24, 2.45) is 0 Å². The number of anilines is 2. The highest BCUT2D eigenvalue weighted by Crippen LogP contribution is 2.33. The quantitative estimate of drug-likeness (QED) is 0.138. The number of aromatic nitrogens is 2. The van der Waals surface area contributed by atoms with Gasteiger partial charge in [-0.3, -0.25) is 14.4 Å². The number of hydrogen-bond acceptors (Lipinski definition) is 9. The van der Waals surface area contributed by atoms with Gasteiger partial charge < -0.3 is 44.5 Å². The zero-order valence-electron chi connectivity index (χ0n) is 33.4. The largest absolute Gasteiger partial charge is 0.495 e. The molecular formula is C43H49N7O7. The minimum atomic E-state index is -0.643. The first-order valence-electron chi connectivity index (χ1n) is 18.7. The first kappa shape index (κ1) is 40.3. The first-order chi connectivity index (χ1) is 27.2. The lowest BCUT2D eigenvalue weighted by Crippen LogP contribution is -2.47. The van der Waals surface area contributed by atoms with Crippen molar-refractivity contribution < 1.29 is 33.4 Å². The van der Waals surface area contributed by atoms with E-state index < -0.39 is 17.6 Å². The van der Waals surface area contributed by atoms with Crippen LogP contribution in [0, 0.1) is 6.92 Å². The number of piperazine rings is 1. The molecule has 1 aromatic heterocycles. The van der Waals surface area contributed by atoms with Crippen LogP contribution in [-0.4, -0.2) is 96.6 Å². The number of para-hydroxylation sites is 1. The topological polar surface area (TPSA) is 158 Å². The van der Waals surface area contributed by atoms with E-state index in [1.165, 1.54) is 12.0 Å². The molecule has 5 aromatic rings. The molecule has 298 valence electrons. The Balaban J connectivity index is 1.12. The van der Waals surface area contributed by atoms with Gasteiger partial charge in [0.05, 0.1) is 36.1 Å². The standard InChI is InChI=1S/C43H49N7O7/c1-27-11-18-34(36(23-27)56-26-28-12-14-29(15-13-28)41(53)50-21-19-48(5)20-22-50)49(6)40(52)30-16-17-32(35(24-30)55-7)46-39(51)31-9-8-10-33-38(31)47-37(45-33)25-44-42(54)57-43(2,3)4/h8-18,23-24H,19-22,25-26H2,1-7H3,(H,44,54)(H,45,47)(H,46,51). The third-order valence-electron chi connectivity index (χ3n) is 9.47. The summed E-state index contributed by atoms with van der Waals surface area (Å²) in [5.41, 5.74) is 4.44. The molecular weight excluding hydrogens is 727 g/mol. The monoisotopic (exact) mass is 775 g/mol. The molecule has 4 amide bonds. The summed E-state index contributed by atoms with van der Waals surface area (Å²) in [6, 6.07) is 23.0. The van der Waals surface area contributed by atoms with Crippen LogP contribution in [-0.2, 0) is 17.9 Å². The Kier molecular flexibility index (Phi) is 12.1. The molecule has 3 N–H and O–H groups in total. The number of fused-ring (bicyclic) bond motifs is 1. The second-order valence-electron chi connectivity index (χ2n) is 15.0. The number of benzene rings is 4. The second kappa shape index (κ2) is 17.2. The molecule has 14 nitrogen and oxygen atoms in total. The average Bonchev–Trinajstić information content (AvgIpc) is 3.62. The summed E-state index contributed by atoms with van der Waals surface area (Å²) in [6.07, 6.45) is -0.581. The van der Waals surface area contributed by atoms with E-state index in [0.29, 0.717) is 63.8 Å². The smallest absolute Gasteiger partial charge is 0.408 e. The maximum absolute atomic E-state index is 13.9. The Bertz CT molecular complexity index is 2270. The molecule has 0 aliphatic carbocycles. The number of aryl methyl sites for hydroxylation is 1. The fourth-order valence-electron chi connectivity index (χ4n) is 6.35. The molecule has 0 spiro atoms. The molecule has 1 aliphatic rings. The summed E-state index contributed by atoms with van der Waals surface area (Å²) in [5, 5.41) is 5.55. The molecule has 1 fully saturated rings. The Hall–Kier alpha value is -6.41. The number of nitrogens with one attached hydrogen (secondary N) is 3. The van der Waals surface area contributed by atoms with Gasteiger partial charge in [-0.2, -0.15) is 0 Å². The number of likely N-dealkylation sites (N-methyl/N-ethyl adjacent to an activating group) is 1. The summed E-state index contributed by atoms with van der Waals surface area (Å²) in [6.45, 7) is 10.7. The third kappa shape index (κ3) is 9.89. The van der Waals surface area contributed by atoms with Crippen molar-refractivity contribution in [1.29, 1.82) is 0 Å². The number of aromatic amines is 1. The van der Waals surface area contributed by atoms with Gasteiger partial charge in [0.1, 0.15) is 35.0 Å². The molecule has 0 atom stereocenters. The summed E-state index contributed by atoms with van der Waals surface area (Å²) in [7, 11) is 5.19. The van der Waals surface area contributed by atoms with Gasteiger partial charge in [-0.15, -0.1) is 0 Å². The van der Waals surface area contributed by atoms with Gasteiger partial charge in [0.25, 0.3) is 17.7 Å². The molecule has 0 unspecified atom stereocenters. The normalized spacial score (nSPS) is 13.2. The van der Waals surface area contributed by atoms with Gasteiger partial charge in [-0.1, -0.05) is 24.3 Å². The molecule has 6 rings (SSSR count). The highest BCUT2D eigenvalue weighted by atomic mass is 16.6. The second-order valence-corrected chi connectivity index (χ2v) is 15.0. The lowest BCUT2D eigenvalue weighted by Gasteiger charge is -2.32. The van der Waals surface area contributed by atoms with Gasteiger partial charge >= 0.3 is 6.09 Å². The van der Waals surface area contributed by atoms with E-state index in [-0.39, 0.29) is 30.7 Å². The van der Waals surface area contributed by atoms with Crippen LogP contribution in [0.1, 0.15) is 68.8 Å². The zero-order chi connectivity index (χ0) is 40.9. The number of rotatable bonds is 11. The van der Waals surface area contributed by atoms with Gasteiger partial charge in [-0.05, 0) is 100 Å². The zero-order valence-corrected chi connectivity index (χ0v) is 33.4.